The lowest BCUT2D eigenvalue weighted by Crippen LogP contribution is -2.11. The van der Waals surface area contributed by atoms with Gasteiger partial charge in [-0.1, -0.05) is 44.0 Å². The van der Waals surface area contributed by atoms with Gasteiger partial charge in [0.1, 0.15) is 5.82 Å². The van der Waals surface area contributed by atoms with Crippen LogP contribution in [0.5, 0.6) is 0 Å². The van der Waals surface area contributed by atoms with E-state index < -0.39 is 0 Å². The summed E-state index contributed by atoms with van der Waals surface area (Å²) >= 11 is 0. The van der Waals surface area contributed by atoms with Crippen molar-refractivity contribution >= 4 is 5.82 Å². The number of anilines is 1. The monoisotopic (exact) mass is 255 g/mol. The maximum atomic E-state index is 5.98. The number of nitrogens with one attached hydrogen (secondary N) is 1. The van der Waals surface area contributed by atoms with Gasteiger partial charge in [-0.15, -0.1) is 0 Å². The van der Waals surface area contributed by atoms with Crippen molar-refractivity contribution in [1.82, 2.24) is 10.2 Å². The zero-order valence-corrected chi connectivity index (χ0v) is 11.4. The van der Waals surface area contributed by atoms with Gasteiger partial charge in [-0.2, -0.15) is 5.10 Å². The first kappa shape index (κ1) is 12.3. The third-order valence-electron chi connectivity index (χ3n) is 4.38. The van der Waals surface area contributed by atoms with E-state index in [1.807, 2.05) is 6.20 Å². The minimum atomic E-state index is 0.664. The molecule has 1 saturated carbocycles. The number of nitrogen functional groups attached to an aromatic ring is 1. The molecule has 1 aliphatic rings. The molecule has 1 aromatic carbocycles. The molecular weight excluding hydrogens is 234 g/mol. The highest BCUT2D eigenvalue weighted by Crippen LogP contribution is 2.40. The lowest BCUT2D eigenvalue weighted by molar-refractivity contribution is 0.348. The zero-order valence-electron chi connectivity index (χ0n) is 11.4. The van der Waals surface area contributed by atoms with Crippen LogP contribution in [0.1, 0.15) is 44.1 Å². The molecule has 0 amide bonds. The van der Waals surface area contributed by atoms with Crippen LogP contribution in [0.25, 0.3) is 11.1 Å². The molecule has 0 atom stereocenters. The van der Waals surface area contributed by atoms with E-state index in [1.54, 1.807) is 0 Å². The minimum Gasteiger partial charge on any atom is -0.384 e. The summed E-state index contributed by atoms with van der Waals surface area (Å²) in [5.74, 6) is 2.21. The predicted octanol–water partition coefficient (Wildman–Crippen LogP) is 3.95. The molecule has 1 aliphatic carbocycles. The molecular formula is C16H21N3. The van der Waals surface area contributed by atoms with Crippen molar-refractivity contribution in [2.75, 3.05) is 5.73 Å². The Morgan fingerprint density at radius 1 is 1.11 bits per heavy atom. The van der Waals surface area contributed by atoms with E-state index in [0.29, 0.717) is 11.7 Å². The van der Waals surface area contributed by atoms with Gasteiger partial charge in [0.2, 0.25) is 0 Å². The Morgan fingerprint density at radius 3 is 2.53 bits per heavy atom. The van der Waals surface area contributed by atoms with Crippen LogP contribution in [0, 0.1) is 5.92 Å². The van der Waals surface area contributed by atoms with E-state index in [-0.39, 0.29) is 0 Å². The molecule has 3 N–H and O–H groups in total. The molecule has 0 radical (unpaired) electrons. The minimum absolute atomic E-state index is 0.664. The van der Waals surface area contributed by atoms with Gasteiger partial charge in [0.25, 0.3) is 0 Å². The van der Waals surface area contributed by atoms with Crippen molar-refractivity contribution in [2.45, 2.75) is 38.5 Å². The summed E-state index contributed by atoms with van der Waals surface area (Å²) in [6.07, 6.45) is 7.07. The molecule has 0 unspecified atom stereocenters. The van der Waals surface area contributed by atoms with E-state index in [1.165, 1.54) is 36.8 Å². The summed E-state index contributed by atoms with van der Waals surface area (Å²) in [5.41, 5.74) is 9.69. The van der Waals surface area contributed by atoms with Gasteiger partial charge in [-0.05, 0) is 35.8 Å². The number of aromatic amines is 1. The first-order valence-corrected chi connectivity index (χ1v) is 7.14. The molecule has 3 rings (SSSR count). The van der Waals surface area contributed by atoms with Crippen LogP contribution >= 0.6 is 0 Å². The van der Waals surface area contributed by atoms with Crippen LogP contribution in [-0.4, -0.2) is 10.2 Å². The van der Waals surface area contributed by atoms with E-state index in [9.17, 15) is 0 Å². The van der Waals surface area contributed by atoms with Gasteiger partial charge >= 0.3 is 0 Å². The van der Waals surface area contributed by atoms with Crippen molar-refractivity contribution in [3.63, 3.8) is 0 Å². The Kier molecular flexibility index (Phi) is 3.28. The van der Waals surface area contributed by atoms with Crippen molar-refractivity contribution < 1.29 is 0 Å². The maximum Gasteiger partial charge on any atom is 0.126 e. The van der Waals surface area contributed by atoms with Crippen LogP contribution in [0.15, 0.2) is 30.5 Å². The number of rotatable bonds is 2. The number of benzene rings is 1. The number of hydrogen-bond donors (Lipinski definition) is 2. The fraction of sp³-hybridized carbons (Fsp3) is 0.438. The molecule has 0 saturated heterocycles. The number of aromatic nitrogens is 2. The summed E-state index contributed by atoms with van der Waals surface area (Å²) in [6, 6.07) is 8.63. The van der Waals surface area contributed by atoms with Crippen LogP contribution in [0.4, 0.5) is 5.82 Å². The molecule has 1 fully saturated rings. The van der Waals surface area contributed by atoms with E-state index >= 15 is 0 Å². The SMILES string of the molecule is CC1CCC(c2ccccc2-c2cn[nH]c2N)CC1. The lowest BCUT2D eigenvalue weighted by Gasteiger charge is -2.28. The Bertz CT molecular complexity index is 551. The van der Waals surface area contributed by atoms with Gasteiger partial charge in [-0.25, -0.2) is 0 Å². The fourth-order valence-corrected chi connectivity index (χ4v) is 3.18. The van der Waals surface area contributed by atoms with Gasteiger partial charge < -0.3 is 5.73 Å². The fourth-order valence-electron chi connectivity index (χ4n) is 3.18. The van der Waals surface area contributed by atoms with Gasteiger partial charge in [0.05, 0.1) is 6.20 Å². The smallest absolute Gasteiger partial charge is 0.126 e. The second-order valence-corrected chi connectivity index (χ2v) is 5.74. The summed E-state index contributed by atoms with van der Waals surface area (Å²) in [6.45, 7) is 2.36. The van der Waals surface area contributed by atoms with Crippen LogP contribution in [0.2, 0.25) is 0 Å². The highest BCUT2D eigenvalue weighted by molar-refractivity contribution is 5.76. The number of nitrogens with two attached hydrogens (primary N) is 1. The normalized spacial score (nSPS) is 23.4. The van der Waals surface area contributed by atoms with E-state index in [2.05, 4.69) is 41.4 Å². The molecule has 3 nitrogen and oxygen atoms in total. The average molecular weight is 255 g/mol. The third-order valence-corrected chi connectivity index (χ3v) is 4.38. The largest absolute Gasteiger partial charge is 0.384 e. The molecule has 19 heavy (non-hydrogen) atoms. The molecule has 0 spiro atoms. The van der Waals surface area contributed by atoms with E-state index in [0.717, 1.165) is 11.5 Å². The van der Waals surface area contributed by atoms with Crippen molar-refractivity contribution in [2.24, 2.45) is 5.92 Å². The van der Waals surface area contributed by atoms with Crippen molar-refractivity contribution in [1.29, 1.82) is 0 Å². The maximum absolute atomic E-state index is 5.98. The Balaban J connectivity index is 1.96. The number of nitrogens with zero attached hydrogens (tertiary/aromatic N) is 1. The van der Waals surface area contributed by atoms with Crippen LogP contribution in [0.3, 0.4) is 0 Å². The molecule has 3 heteroatoms. The summed E-state index contributed by atoms with van der Waals surface area (Å²) in [5, 5.41) is 6.88. The first-order valence-electron chi connectivity index (χ1n) is 7.14. The zero-order chi connectivity index (χ0) is 13.2. The Labute approximate surface area is 114 Å². The number of hydrogen-bond acceptors (Lipinski definition) is 2. The van der Waals surface area contributed by atoms with Crippen molar-refractivity contribution in [3.8, 4) is 11.1 Å². The van der Waals surface area contributed by atoms with Crippen LogP contribution < -0.4 is 5.73 Å². The number of H-pyrrole nitrogens is 1. The Morgan fingerprint density at radius 2 is 1.84 bits per heavy atom. The van der Waals surface area contributed by atoms with E-state index in [4.69, 9.17) is 5.73 Å². The molecule has 0 bridgehead atoms. The van der Waals surface area contributed by atoms with Gasteiger partial charge in [0, 0.05) is 5.56 Å². The molecule has 1 heterocycles. The van der Waals surface area contributed by atoms with Gasteiger partial charge in [0.15, 0.2) is 0 Å². The average Bonchev–Trinajstić information content (AvgIpc) is 2.86. The summed E-state index contributed by atoms with van der Waals surface area (Å²) in [7, 11) is 0. The highest BCUT2D eigenvalue weighted by Gasteiger charge is 2.22. The molecule has 100 valence electrons. The van der Waals surface area contributed by atoms with Crippen molar-refractivity contribution in [3.05, 3.63) is 36.0 Å². The standard InChI is InChI=1S/C16H21N3/c1-11-6-8-12(9-7-11)13-4-2-3-5-14(13)15-10-18-19-16(15)17/h2-5,10-12H,6-9H2,1H3,(H3,17,18,19). The highest BCUT2D eigenvalue weighted by atomic mass is 15.1. The Hall–Kier alpha value is -1.77. The third kappa shape index (κ3) is 2.37. The second-order valence-electron chi connectivity index (χ2n) is 5.74. The van der Waals surface area contributed by atoms with Crippen LogP contribution in [-0.2, 0) is 0 Å². The molecule has 1 aromatic heterocycles. The summed E-state index contributed by atoms with van der Waals surface area (Å²) in [4.78, 5) is 0. The molecule has 0 aliphatic heterocycles. The quantitative estimate of drug-likeness (QED) is 0.853. The molecule has 2 aromatic rings. The topological polar surface area (TPSA) is 54.7 Å². The lowest BCUT2D eigenvalue weighted by atomic mass is 9.77. The van der Waals surface area contributed by atoms with Gasteiger partial charge in [-0.3, -0.25) is 5.10 Å². The predicted molar refractivity (Wildman–Crippen MR) is 78.8 cm³/mol. The first-order chi connectivity index (χ1) is 9.25. The summed E-state index contributed by atoms with van der Waals surface area (Å²) < 4.78 is 0. The second kappa shape index (κ2) is 5.08.